The van der Waals surface area contributed by atoms with Crippen LogP contribution in [0.25, 0.3) is 5.69 Å². The number of carbonyl (C=O) groups excluding carboxylic acids is 1. The summed E-state index contributed by atoms with van der Waals surface area (Å²) in [5.74, 6) is -0.364. The minimum Gasteiger partial charge on any atom is -0.333 e. The van der Waals surface area contributed by atoms with Gasteiger partial charge in [-0.3, -0.25) is 4.79 Å². The number of halogens is 1. The second-order valence-corrected chi connectivity index (χ2v) is 6.92. The van der Waals surface area contributed by atoms with Gasteiger partial charge in [-0.2, -0.15) is 0 Å². The molecule has 2 aliphatic heterocycles. The first-order valence-electron chi connectivity index (χ1n) is 8.83. The van der Waals surface area contributed by atoms with Crippen LogP contribution in [0.5, 0.6) is 0 Å². The van der Waals surface area contributed by atoms with Gasteiger partial charge in [-0.15, -0.1) is 5.10 Å². The highest BCUT2D eigenvalue weighted by molar-refractivity contribution is 5.92. The number of carbonyl (C=O) groups is 1. The Hall–Kier alpha value is -2.28. The summed E-state index contributed by atoms with van der Waals surface area (Å²) in [6.07, 6.45) is 6.05. The van der Waals surface area contributed by atoms with E-state index in [0.29, 0.717) is 17.4 Å². The fourth-order valence-electron chi connectivity index (χ4n) is 4.10. The van der Waals surface area contributed by atoms with E-state index in [4.69, 9.17) is 0 Å². The Bertz CT molecular complexity index is 759. The number of amides is 1. The molecule has 7 heteroatoms. The molecule has 1 amide bonds. The average Bonchev–Trinajstić information content (AvgIpc) is 3.35. The molecule has 1 aromatic heterocycles. The number of likely N-dealkylation sites (N-methyl/N-ethyl adjacent to an activating group) is 1. The molecule has 0 aliphatic carbocycles. The number of aromatic nitrogens is 3. The van der Waals surface area contributed by atoms with E-state index in [-0.39, 0.29) is 17.8 Å². The lowest BCUT2D eigenvalue weighted by molar-refractivity contribution is 0.0658. The van der Waals surface area contributed by atoms with Gasteiger partial charge in [-0.1, -0.05) is 5.21 Å². The molecule has 2 fully saturated rings. The second kappa shape index (κ2) is 6.55. The summed E-state index contributed by atoms with van der Waals surface area (Å²) in [6, 6.07) is 6.67. The molecule has 0 bridgehead atoms. The first-order chi connectivity index (χ1) is 12.1. The lowest BCUT2D eigenvalue weighted by Gasteiger charge is -2.32. The van der Waals surface area contributed by atoms with Crippen LogP contribution in [0.2, 0.25) is 0 Å². The Kier molecular flexibility index (Phi) is 4.25. The van der Waals surface area contributed by atoms with Crippen LogP contribution >= 0.6 is 0 Å². The third kappa shape index (κ3) is 3.04. The monoisotopic (exact) mass is 343 g/mol. The van der Waals surface area contributed by atoms with E-state index < -0.39 is 0 Å². The molecule has 2 atom stereocenters. The second-order valence-electron chi connectivity index (χ2n) is 6.92. The Morgan fingerprint density at radius 1 is 1.12 bits per heavy atom. The molecule has 0 saturated carbocycles. The zero-order valence-electron chi connectivity index (χ0n) is 14.3. The number of nitrogens with zero attached hydrogens (tertiary/aromatic N) is 5. The minimum absolute atomic E-state index is 0.0591. The van der Waals surface area contributed by atoms with Crippen molar-refractivity contribution in [3.63, 3.8) is 0 Å². The lowest BCUT2D eigenvalue weighted by Crippen LogP contribution is -2.47. The van der Waals surface area contributed by atoms with Crippen LogP contribution in [-0.2, 0) is 0 Å². The normalized spacial score (nSPS) is 24.2. The van der Waals surface area contributed by atoms with Crippen molar-refractivity contribution in [1.29, 1.82) is 0 Å². The molecule has 2 saturated heterocycles. The van der Waals surface area contributed by atoms with Crippen LogP contribution < -0.4 is 0 Å². The maximum atomic E-state index is 13.1. The summed E-state index contributed by atoms with van der Waals surface area (Å²) < 4.78 is 14.6. The summed E-state index contributed by atoms with van der Waals surface area (Å²) in [5.41, 5.74) is 1.03. The van der Waals surface area contributed by atoms with Gasteiger partial charge in [0, 0.05) is 18.6 Å². The SMILES string of the molecule is CN1CCC[C@H]1[C@@H]1CCCN1C(=O)c1cn(-c2ccc(F)cc2)nn1. The molecule has 0 spiro atoms. The van der Waals surface area contributed by atoms with E-state index in [1.54, 1.807) is 18.3 Å². The molecular weight excluding hydrogens is 321 g/mol. The van der Waals surface area contributed by atoms with Gasteiger partial charge >= 0.3 is 0 Å². The fraction of sp³-hybridized carbons (Fsp3) is 0.500. The molecule has 4 rings (SSSR count). The first kappa shape index (κ1) is 16.2. The molecule has 0 radical (unpaired) electrons. The van der Waals surface area contributed by atoms with Crippen LogP contribution in [-0.4, -0.2) is 62.9 Å². The topological polar surface area (TPSA) is 54.3 Å². The van der Waals surface area contributed by atoms with Crippen LogP contribution in [0.1, 0.15) is 36.2 Å². The molecule has 0 unspecified atom stereocenters. The van der Waals surface area contributed by atoms with Crippen molar-refractivity contribution in [2.45, 2.75) is 37.8 Å². The van der Waals surface area contributed by atoms with Crippen molar-refractivity contribution in [3.8, 4) is 5.69 Å². The van der Waals surface area contributed by atoms with Crippen LogP contribution in [0, 0.1) is 5.82 Å². The zero-order chi connectivity index (χ0) is 17.4. The predicted molar refractivity (Wildman–Crippen MR) is 91.0 cm³/mol. The number of hydrogen-bond donors (Lipinski definition) is 0. The molecule has 132 valence electrons. The molecule has 25 heavy (non-hydrogen) atoms. The summed E-state index contributed by atoms with van der Waals surface area (Å²) >= 11 is 0. The summed E-state index contributed by atoms with van der Waals surface area (Å²) in [5, 5.41) is 8.09. The van der Waals surface area contributed by atoms with E-state index >= 15 is 0 Å². The largest absolute Gasteiger partial charge is 0.333 e. The smallest absolute Gasteiger partial charge is 0.276 e. The van der Waals surface area contributed by atoms with E-state index in [0.717, 1.165) is 32.4 Å². The highest BCUT2D eigenvalue weighted by atomic mass is 19.1. The fourth-order valence-corrected chi connectivity index (χ4v) is 4.10. The van der Waals surface area contributed by atoms with Crippen molar-refractivity contribution in [2.24, 2.45) is 0 Å². The summed E-state index contributed by atoms with van der Waals surface area (Å²) in [7, 11) is 2.14. The molecular formula is C18H22FN5O. The van der Waals surface area contributed by atoms with Crippen molar-refractivity contribution in [1.82, 2.24) is 24.8 Å². The number of rotatable bonds is 3. The van der Waals surface area contributed by atoms with Gasteiger partial charge in [0.05, 0.1) is 11.9 Å². The Balaban J connectivity index is 1.53. The molecule has 2 aliphatic rings. The molecule has 3 heterocycles. The Morgan fingerprint density at radius 2 is 1.84 bits per heavy atom. The lowest BCUT2D eigenvalue weighted by atomic mass is 10.0. The van der Waals surface area contributed by atoms with Crippen LogP contribution in [0.4, 0.5) is 4.39 Å². The molecule has 2 aromatic rings. The first-order valence-corrected chi connectivity index (χ1v) is 8.83. The van der Waals surface area contributed by atoms with Crippen molar-refractivity contribution in [3.05, 3.63) is 42.0 Å². The van der Waals surface area contributed by atoms with Gasteiger partial charge in [-0.25, -0.2) is 9.07 Å². The summed E-state index contributed by atoms with van der Waals surface area (Å²) in [4.78, 5) is 17.3. The quantitative estimate of drug-likeness (QED) is 0.856. The summed E-state index contributed by atoms with van der Waals surface area (Å²) in [6.45, 7) is 1.88. The van der Waals surface area contributed by atoms with Crippen molar-refractivity contribution < 1.29 is 9.18 Å². The highest BCUT2D eigenvalue weighted by Crippen LogP contribution is 2.29. The van der Waals surface area contributed by atoms with Gasteiger partial charge in [0.2, 0.25) is 0 Å². The average molecular weight is 343 g/mol. The van der Waals surface area contributed by atoms with Gasteiger partial charge in [0.1, 0.15) is 5.82 Å². The zero-order valence-corrected chi connectivity index (χ0v) is 14.3. The van der Waals surface area contributed by atoms with Gasteiger partial charge in [0.15, 0.2) is 5.69 Å². The third-order valence-corrected chi connectivity index (χ3v) is 5.38. The highest BCUT2D eigenvalue weighted by Gasteiger charge is 2.39. The molecule has 6 nitrogen and oxygen atoms in total. The van der Waals surface area contributed by atoms with Crippen molar-refractivity contribution >= 4 is 5.91 Å². The van der Waals surface area contributed by atoms with Crippen molar-refractivity contribution in [2.75, 3.05) is 20.1 Å². The van der Waals surface area contributed by atoms with Gasteiger partial charge in [-0.05, 0) is 63.5 Å². The Labute approximate surface area is 146 Å². The third-order valence-electron chi connectivity index (χ3n) is 5.38. The van der Waals surface area contributed by atoms with Gasteiger partial charge < -0.3 is 9.80 Å². The Morgan fingerprint density at radius 3 is 2.56 bits per heavy atom. The van der Waals surface area contributed by atoms with E-state index in [1.807, 2.05) is 4.90 Å². The minimum atomic E-state index is -0.305. The predicted octanol–water partition coefficient (Wildman–Crippen LogP) is 2.11. The molecule has 0 N–H and O–H groups in total. The number of benzene rings is 1. The standard InChI is InChI=1S/C18H22FN5O/c1-22-10-2-4-16(22)17-5-3-11-23(17)18(25)15-12-24(21-20-15)14-8-6-13(19)7-9-14/h6-9,12,16-17H,2-5,10-11H2,1H3/t16-,17-/m0/s1. The maximum absolute atomic E-state index is 13.1. The van der Waals surface area contributed by atoms with E-state index in [1.165, 1.54) is 23.2 Å². The van der Waals surface area contributed by atoms with Crippen LogP contribution in [0.15, 0.2) is 30.5 Å². The number of likely N-dealkylation sites (tertiary alicyclic amines) is 2. The van der Waals surface area contributed by atoms with Gasteiger partial charge in [0.25, 0.3) is 5.91 Å². The van der Waals surface area contributed by atoms with E-state index in [2.05, 4.69) is 22.3 Å². The van der Waals surface area contributed by atoms with E-state index in [9.17, 15) is 9.18 Å². The maximum Gasteiger partial charge on any atom is 0.276 e. The number of hydrogen-bond acceptors (Lipinski definition) is 4. The van der Waals surface area contributed by atoms with Crippen LogP contribution in [0.3, 0.4) is 0 Å². The molecule has 1 aromatic carbocycles.